The summed E-state index contributed by atoms with van der Waals surface area (Å²) in [5, 5.41) is 3.27. The predicted octanol–water partition coefficient (Wildman–Crippen LogP) is 4.01. The molecule has 2 atom stereocenters. The van der Waals surface area contributed by atoms with Crippen LogP contribution in [0.25, 0.3) is 0 Å². The molecule has 2 unspecified atom stereocenters. The van der Waals surface area contributed by atoms with Crippen LogP contribution in [-0.4, -0.2) is 13.1 Å². The average Bonchev–Trinajstić information content (AvgIpc) is 2.28. The molecule has 0 radical (unpaired) electrons. The summed E-state index contributed by atoms with van der Waals surface area (Å²) in [6, 6.07) is 5.53. The summed E-state index contributed by atoms with van der Waals surface area (Å²) in [5.41, 5.74) is 0.792. The molecule has 1 aromatic rings. The van der Waals surface area contributed by atoms with Crippen LogP contribution in [0, 0.1) is 17.7 Å². The first-order chi connectivity index (χ1) is 7.95. The van der Waals surface area contributed by atoms with Crippen molar-refractivity contribution in [2.45, 2.75) is 33.2 Å². The second kappa shape index (κ2) is 6.50. The SMILES string of the molecule is CNC(C)C(Cc1cc(Br)ccc1F)C(C)C. The van der Waals surface area contributed by atoms with E-state index in [1.54, 1.807) is 6.07 Å². The van der Waals surface area contributed by atoms with Crippen molar-refractivity contribution in [2.75, 3.05) is 7.05 Å². The van der Waals surface area contributed by atoms with Crippen LogP contribution in [-0.2, 0) is 6.42 Å². The molecule has 1 aromatic carbocycles. The standard InChI is InChI=1S/C14H21BrFN/c1-9(2)13(10(3)17-4)8-11-7-12(15)5-6-14(11)16/h5-7,9-10,13,17H,8H2,1-4H3. The zero-order valence-corrected chi connectivity index (χ0v) is 12.5. The Morgan fingerprint density at radius 2 is 1.94 bits per heavy atom. The third-order valence-corrected chi connectivity index (χ3v) is 3.91. The van der Waals surface area contributed by atoms with Gasteiger partial charge in [0.05, 0.1) is 0 Å². The van der Waals surface area contributed by atoms with Crippen molar-refractivity contribution in [1.82, 2.24) is 5.32 Å². The minimum Gasteiger partial charge on any atom is -0.317 e. The van der Waals surface area contributed by atoms with Crippen LogP contribution < -0.4 is 5.32 Å². The molecule has 1 nitrogen and oxygen atoms in total. The summed E-state index contributed by atoms with van der Waals surface area (Å²) in [6.07, 6.45) is 0.769. The molecule has 17 heavy (non-hydrogen) atoms. The summed E-state index contributed by atoms with van der Waals surface area (Å²) in [7, 11) is 1.96. The minimum atomic E-state index is -0.109. The number of hydrogen-bond acceptors (Lipinski definition) is 1. The lowest BCUT2D eigenvalue weighted by molar-refractivity contribution is 0.297. The van der Waals surface area contributed by atoms with Gasteiger partial charge in [-0.05, 0) is 56.0 Å². The molecule has 0 aliphatic rings. The average molecular weight is 302 g/mol. The predicted molar refractivity (Wildman–Crippen MR) is 74.7 cm³/mol. The Bertz CT molecular complexity index is 365. The van der Waals surface area contributed by atoms with E-state index in [-0.39, 0.29) is 5.82 Å². The summed E-state index contributed by atoms with van der Waals surface area (Å²) in [4.78, 5) is 0. The number of benzene rings is 1. The summed E-state index contributed by atoms with van der Waals surface area (Å²) in [6.45, 7) is 6.53. The highest BCUT2D eigenvalue weighted by Crippen LogP contribution is 2.24. The van der Waals surface area contributed by atoms with Gasteiger partial charge < -0.3 is 5.32 Å². The van der Waals surface area contributed by atoms with Gasteiger partial charge >= 0.3 is 0 Å². The molecule has 96 valence electrons. The van der Waals surface area contributed by atoms with E-state index in [9.17, 15) is 4.39 Å². The van der Waals surface area contributed by atoms with Gasteiger partial charge in [-0.3, -0.25) is 0 Å². The van der Waals surface area contributed by atoms with E-state index in [1.165, 1.54) is 6.07 Å². The lowest BCUT2D eigenvalue weighted by Gasteiger charge is -2.27. The van der Waals surface area contributed by atoms with Crippen molar-refractivity contribution in [3.05, 3.63) is 34.1 Å². The van der Waals surface area contributed by atoms with Gasteiger partial charge in [0.2, 0.25) is 0 Å². The van der Waals surface area contributed by atoms with Gasteiger partial charge in [0.15, 0.2) is 0 Å². The van der Waals surface area contributed by atoms with Crippen LogP contribution in [0.4, 0.5) is 4.39 Å². The Morgan fingerprint density at radius 3 is 2.47 bits per heavy atom. The fourth-order valence-corrected chi connectivity index (χ4v) is 2.57. The maximum atomic E-state index is 13.7. The van der Waals surface area contributed by atoms with Gasteiger partial charge in [0.25, 0.3) is 0 Å². The number of rotatable bonds is 5. The molecule has 0 saturated carbocycles. The largest absolute Gasteiger partial charge is 0.317 e. The highest BCUT2D eigenvalue weighted by atomic mass is 79.9. The van der Waals surface area contributed by atoms with Crippen LogP contribution in [0.3, 0.4) is 0 Å². The van der Waals surface area contributed by atoms with Crippen LogP contribution in [0.15, 0.2) is 22.7 Å². The molecule has 0 amide bonds. The zero-order valence-electron chi connectivity index (χ0n) is 10.9. The number of halogens is 2. The van der Waals surface area contributed by atoms with Gasteiger partial charge in [0, 0.05) is 10.5 Å². The number of nitrogens with one attached hydrogen (secondary N) is 1. The van der Waals surface area contributed by atoms with Crippen LogP contribution in [0.5, 0.6) is 0 Å². The molecular formula is C14H21BrFN. The van der Waals surface area contributed by atoms with Crippen molar-refractivity contribution in [2.24, 2.45) is 11.8 Å². The second-order valence-electron chi connectivity index (χ2n) is 4.93. The Kier molecular flexibility index (Phi) is 5.60. The molecule has 3 heteroatoms. The lowest BCUT2D eigenvalue weighted by Crippen LogP contribution is -2.35. The summed E-state index contributed by atoms with van der Waals surface area (Å²) < 4.78 is 14.7. The Balaban J connectivity index is 2.89. The molecule has 0 spiro atoms. The Morgan fingerprint density at radius 1 is 1.29 bits per heavy atom. The van der Waals surface area contributed by atoms with E-state index < -0.39 is 0 Å². The highest BCUT2D eigenvalue weighted by Gasteiger charge is 2.21. The summed E-state index contributed by atoms with van der Waals surface area (Å²) in [5.74, 6) is 0.849. The molecule has 0 bridgehead atoms. The van der Waals surface area contributed by atoms with Gasteiger partial charge in [-0.25, -0.2) is 4.39 Å². The van der Waals surface area contributed by atoms with Gasteiger partial charge in [0.1, 0.15) is 5.82 Å². The number of hydrogen-bond donors (Lipinski definition) is 1. The first-order valence-electron chi connectivity index (χ1n) is 6.07. The molecule has 1 N–H and O–H groups in total. The van der Waals surface area contributed by atoms with E-state index in [1.807, 2.05) is 13.1 Å². The fourth-order valence-electron chi connectivity index (χ4n) is 2.16. The van der Waals surface area contributed by atoms with E-state index in [0.29, 0.717) is 17.9 Å². The molecule has 0 fully saturated rings. The van der Waals surface area contributed by atoms with Crippen molar-refractivity contribution in [3.8, 4) is 0 Å². The normalized spacial score (nSPS) is 15.0. The van der Waals surface area contributed by atoms with Gasteiger partial charge in [-0.2, -0.15) is 0 Å². The smallest absolute Gasteiger partial charge is 0.126 e. The third-order valence-electron chi connectivity index (χ3n) is 3.42. The van der Waals surface area contributed by atoms with Gasteiger partial charge in [-0.1, -0.05) is 29.8 Å². The maximum Gasteiger partial charge on any atom is 0.126 e. The zero-order chi connectivity index (χ0) is 13.0. The highest BCUT2D eigenvalue weighted by molar-refractivity contribution is 9.10. The fraction of sp³-hybridized carbons (Fsp3) is 0.571. The van der Waals surface area contributed by atoms with Crippen molar-refractivity contribution < 1.29 is 4.39 Å². The van der Waals surface area contributed by atoms with E-state index >= 15 is 0 Å². The van der Waals surface area contributed by atoms with Crippen LogP contribution in [0.1, 0.15) is 26.3 Å². The van der Waals surface area contributed by atoms with E-state index in [4.69, 9.17) is 0 Å². The molecule has 0 aromatic heterocycles. The van der Waals surface area contributed by atoms with Crippen molar-refractivity contribution in [3.63, 3.8) is 0 Å². The molecular weight excluding hydrogens is 281 g/mol. The topological polar surface area (TPSA) is 12.0 Å². The molecule has 0 saturated heterocycles. The quantitative estimate of drug-likeness (QED) is 0.866. The molecule has 0 aliphatic carbocycles. The monoisotopic (exact) mass is 301 g/mol. The summed E-state index contributed by atoms with van der Waals surface area (Å²) >= 11 is 3.40. The van der Waals surface area contributed by atoms with E-state index in [2.05, 4.69) is 42.0 Å². The lowest BCUT2D eigenvalue weighted by atomic mass is 9.84. The molecule has 1 rings (SSSR count). The molecule has 0 heterocycles. The van der Waals surface area contributed by atoms with Crippen LogP contribution >= 0.6 is 15.9 Å². The first kappa shape index (κ1) is 14.7. The van der Waals surface area contributed by atoms with Crippen molar-refractivity contribution >= 4 is 15.9 Å². The molecule has 0 aliphatic heterocycles. The Hall–Kier alpha value is -0.410. The van der Waals surface area contributed by atoms with E-state index in [0.717, 1.165) is 16.5 Å². The minimum absolute atomic E-state index is 0.109. The van der Waals surface area contributed by atoms with Crippen molar-refractivity contribution in [1.29, 1.82) is 0 Å². The van der Waals surface area contributed by atoms with Gasteiger partial charge in [-0.15, -0.1) is 0 Å². The first-order valence-corrected chi connectivity index (χ1v) is 6.86. The maximum absolute atomic E-state index is 13.7. The third kappa shape index (κ3) is 4.07. The second-order valence-corrected chi connectivity index (χ2v) is 5.84. The Labute approximate surface area is 112 Å². The van der Waals surface area contributed by atoms with Crippen LogP contribution in [0.2, 0.25) is 0 Å².